The molecule has 1 aromatic rings. The fourth-order valence-electron chi connectivity index (χ4n) is 1.53. The molecule has 3 nitrogen and oxygen atoms in total. The highest BCUT2D eigenvalue weighted by Crippen LogP contribution is 2.16. The molecule has 3 heteroatoms. The molecule has 1 amide bonds. The van der Waals surface area contributed by atoms with Crippen molar-refractivity contribution in [2.45, 2.75) is 13.5 Å². The van der Waals surface area contributed by atoms with Gasteiger partial charge in [-0.2, -0.15) is 0 Å². The van der Waals surface area contributed by atoms with Gasteiger partial charge in [-0.1, -0.05) is 17.7 Å². The number of benzene rings is 1. The number of hydrazine groups is 1. The van der Waals surface area contributed by atoms with E-state index in [9.17, 15) is 4.79 Å². The Balaban J connectivity index is 2.50. The maximum Gasteiger partial charge on any atom is 0.268 e. The van der Waals surface area contributed by atoms with Gasteiger partial charge in [0, 0.05) is 19.2 Å². The summed E-state index contributed by atoms with van der Waals surface area (Å²) >= 11 is 0. The van der Waals surface area contributed by atoms with E-state index in [0.717, 1.165) is 17.7 Å². The van der Waals surface area contributed by atoms with Crippen molar-refractivity contribution in [1.82, 2.24) is 10.4 Å². The topological polar surface area (TPSA) is 32.3 Å². The summed E-state index contributed by atoms with van der Waals surface area (Å²) in [5, 5.41) is 1.53. The van der Waals surface area contributed by atoms with Crippen LogP contribution in [0, 0.1) is 6.92 Å². The van der Waals surface area contributed by atoms with Gasteiger partial charge in [-0.15, -0.1) is 0 Å². The van der Waals surface area contributed by atoms with E-state index in [1.165, 1.54) is 10.6 Å². The van der Waals surface area contributed by atoms with Crippen molar-refractivity contribution in [3.05, 3.63) is 34.9 Å². The molecule has 1 N–H and O–H groups in total. The zero-order valence-corrected chi connectivity index (χ0v) is 7.79. The summed E-state index contributed by atoms with van der Waals surface area (Å²) < 4.78 is 0. The fraction of sp³-hybridized carbons (Fsp3) is 0.300. The van der Waals surface area contributed by atoms with Crippen molar-refractivity contribution in [1.29, 1.82) is 0 Å². The van der Waals surface area contributed by atoms with Crippen molar-refractivity contribution in [3.8, 4) is 0 Å². The third-order valence-electron chi connectivity index (χ3n) is 2.30. The predicted molar refractivity (Wildman–Crippen MR) is 50.1 cm³/mol. The number of nitrogens with one attached hydrogen (secondary N) is 1. The highest BCUT2D eigenvalue weighted by Gasteiger charge is 2.20. The van der Waals surface area contributed by atoms with Gasteiger partial charge in [0.15, 0.2) is 0 Å². The monoisotopic (exact) mass is 176 g/mol. The van der Waals surface area contributed by atoms with Crippen LogP contribution >= 0.6 is 0 Å². The number of hydrogen-bond acceptors (Lipinski definition) is 2. The number of carbonyl (C=O) groups is 1. The maximum absolute atomic E-state index is 11.6. The van der Waals surface area contributed by atoms with E-state index in [4.69, 9.17) is 0 Å². The lowest BCUT2D eigenvalue weighted by Gasteiger charge is -2.25. The molecular formula is C10H12N2O. The van der Waals surface area contributed by atoms with Crippen LogP contribution in [0.25, 0.3) is 0 Å². The van der Waals surface area contributed by atoms with Gasteiger partial charge in [-0.3, -0.25) is 9.80 Å². The number of fused-ring (bicyclic) bond motifs is 1. The largest absolute Gasteiger partial charge is 0.277 e. The lowest BCUT2D eigenvalue weighted by molar-refractivity contribution is 0.0686. The number of nitrogens with zero attached hydrogens (tertiary/aromatic N) is 1. The standard InChI is InChI=1S/C10H12N2O/c1-7-3-4-9-8(5-7)6-11-12(2)10(9)13/h3-5,11H,6H2,1-2H3. The number of aryl methyl sites for hydroxylation is 1. The first-order chi connectivity index (χ1) is 6.18. The van der Waals surface area contributed by atoms with Crippen LogP contribution in [0.3, 0.4) is 0 Å². The van der Waals surface area contributed by atoms with E-state index in [-0.39, 0.29) is 5.91 Å². The van der Waals surface area contributed by atoms with Crippen LogP contribution < -0.4 is 5.43 Å². The Bertz CT molecular complexity index is 360. The lowest BCUT2D eigenvalue weighted by atomic mass is 10.0. The second-order valence-electron chi connectivity index (χ2n) is 3.36. The van der Waals surface area contributed by atoms with Crippen LogP contribution in [0.5, 0.6) is 0 Å². The maximum atomic E-state index is 11.6. The molecule has 1 heterocycles. The Morgan fingerprint density at radius 3 is 3.00 bits per heavy atom. The molecule has 0 spiro atoms. The molecule has 0 atom stereocenters. The number of amides is 1. The molecule has 0 radical (unpaired) electrons. The molecule has 0 saturated heterocycles. The van der Waals surface area contributed by atoms with E-state index < -0.39 is 0 Å². The molecule has 0 saturated carbocycles. The van der Waals surface area contributed by atoms with E-state index >= 15 is 0 Å². The minimum absolute atomic E-state index is 0.0428. The molecular weight excluding hydrogens is 164 g/mol. The minimum Gasteiger partial charge on any atom is -0.277 e. The summed E-state index contributed by atoms with van der Waals surface area (Å²) in [6, 6.07) is 5.91. The molecule has 1 aliphatic rings. The third kappa shape index (κ3) is 1.31. The number of hydrogen-bond donors (Lipinski definition) is 1. The smallest absolute Gasteiger partial charge is 0.268 e. The Kier molecular flexibility index (Phi) is 1.81. The predicted octanol–water partition coefficient (Wildman–Crippen LogP) is 1.09. The molecule has 0 aromatic heterocycles. The molecule has 1 aliphatic heterocycles. The van der Waals surface area contributed by atoms with Crippen molar-refractivity contribution < 1.29 is 4.79 Å². The van der Waals surface area contributed by atoms with Crippen LogP contribution in [0.1, 0.15) is 21.5 Å². The van der Waals surface area contributed by atoms with Crippen molar-refractivity contribution in [2.24, 2.45) is 0 Å². The summed E-state index contributed by atoms with van der Waals surface area (Å²) in [5.41, 5.74) is 6.09. The van der Waals surface area contributed by atoms with E-state index in [1.54, 1.807) is 7.05 Å². The molecule has 2 rings (SSSR count). The molecule has 0 aliphatic carbocycles. The van der Waals surface area contributed by atoms with E-state index in [0.29, 0.717) is 0 Å². The second-order valence-corrected chi connectivity index (χ2v) is 3.36. The van der Waals surface area contributed by atoms with Crippen LogP contribution in [-0.2, 0) is 6.54 Å². The number of rotatable bonds is 0. The quantitative estimate of drug-likeness (QED) is 0.641. The summed E-state index contributed by atoms with van der Waals surface area (Å²) in [5.74, 6) is 0.0428. The van der Waals surface area contributed by atoms with Gasteiger partial charge in [0.2, 0.25) is 0 Å². The van der Waals surface area contributed by atoms with Gasteiger partial charge in [0.05, 0.1) is 0 Å². The van der Waals surface area contributed by atoms with Gasteiger partial charge in [-0.25, -0.2) is 5.43 Å². The van der Waals surface area contributed by atoms with Crippen molar-refractivity contribution in [3.63, 3.8) is 0 Å². The zero-order chi connectivity index (χ0) is 9.42. The van der Waals surface area contributed by atoms with Gasteiger partial charge in [-0.05, 0) is 18.6 Å². The summed E-state index contributed by atoms with van der Waals surface area (Å²) in [4.78, 5) is 11.6. The molecule has 0 unspecified atom stereocenters. The first-order valence-electron chi connectivity index (χ1n) is 4.29. The minimum atomic E-state index is 0.0428. The Labute approximate surface area is 77.3 Å². The molecule has 0 bridgehead atoms. The summed E-state index contributed by atoms with van der Waals surface area (Å²) in [6.07, 6.45) is 0. The average molecular weight is 176 g/mol. The van der Waals surface area contributed by atoms with Gasteiger partial charge in [0.1, 0.15) is 0 Å². The molecule has 1 aromatic carbocycles. The highest BCUT2D eigenvalue weighted by molar-refractivity contribution is 5.96. The normalized spacial score (nSPS) is 15.8. The van der Waals surface area contributed by atoms with Crippen LogP contribution in [0.2, 0.25) is 0 Å². The molecule has 13 heavy (non-hydrogen) atoms. The Hall–Kier alpha value is -1.35. The van der Waals surface area contributed by atoms with Crippen LogP contribution in [0.15, 0.2) is 18.2 Å². The first kappa shape index (κ1) is 8.26. The first-order valence-corrected chi connectivity index (χ1v) is 4.29. The van der Waals surface area contributed by atoms with Crippen molar-refractivity contribution in [2.75, 3.05) is 7.05 Å². The SMILES string of the molecule is Cc1ccc2c(c1)CNN(C)C2=O. The fourth-order valence-corrected chi connectivity index (χ4v) is 1.53. The molecule has 68 valence electrons. The number of carbonyl (C=O) groups excluding carboxylic acids is 1. The summed E-state index contributed by atoms with van der Waals surface area (Å²) in [6.45, 7) is 2.77. The second kappa shape index (κ2) is 2.85. The Morgan fingerprint density at radius 2 is 2.23 bits per heavy atom. The molecule has 0 fully saturated rings. The average Bonchev–Trinajstić information content (AvgIpc) is 2.12. The van der Waals surface area contributed by atoms with Gasteiger partial charge in [0.25, 0.3) is 5.91 Å². The van der Waals surface area contributed by atoms with Crippen LogP contribution in [0.4, 0.5) is 0 Å². The lowest BCUT2D eigenvalue weighted by Crippen LogP contribution is -2.43. The van der Waals surface area contributed by atoms with E-state index in [2.05, 4.69) is 5.43 Å². The van der Waals surface area contributed by atoms with Gasteiger partial charge >= 0.3 is 0 Å². The van der Waals surface area contributed by atoms with Crippen LogP contribution in [-0.4, -0.2) is 18.0 Å². The zero-order valence-electron chi connectivity index (χ0n) is 7.79. The Morgan fingerprint density at radius 1 is 1.46 bits per heavy atom. The third-order valence-corrected chi connectivity index (χ3v) is 2.30. The van der Waals surface area contributed by atoms with E-state index in [1.807, 2.05) is 25.1 Å². The highest BCUT2D eigenvalue weighted by atomic mass is 16.2. The van der Waals surface area contributed by atoms with Gasteiger partial charge < -0.3 is 0 Å². The summed E-state index contributed by atoms with van der Waals surface area (Å²) in [7, 11) is 1.74. The van der Waals surface area contributed by atoms with Crippen molar-refractivity contribution >= 4 is 5.91 Å².